The van der Waals surface area contributed by atoms with Crippen LogP contribution in [-0.2, 0) is 29.7 Å². The predicted octanol–water partition coefficient (Wildman–Crippen LogP) is 8.41. The highest BCUT2D eigenvalue weighted by Gasteiger charge is 2.90. The summed E-state index contributed by atoms with van der Waals surface area (Å²) in [5.74, 6) is 0.176. The van der Waals surface area contributed by atoms with E-state index in [2.05, 4.69) is 17.0 Å². The number of aliphatic hydroxyl groups is 2. The fourth-order valence-electron chi connectivity index (χ4n) is 7.79. The zero-order valence-corrected chi connectivity index (χ0v) is 34.6. The molecule has 0 amide bonds. The average molecular weight is 829 g/mol. The van der Waals surface area contributed by atoms with E-state index in [-0.39, 0.29) is 24.7 Å². The molecule has 7 atom stereocenters. The van der Waals surface area contributed by atoms with Crippen LogP contribution in [0.2, 0.25) is 5.02 Å². The second kappa shape index (κ2) is 21.2. The molecular formula is C41H58ClN6O8P. The SMILES string of the molecule is CCCCCCCCCCCCCCCCCCC[C@H](COP(=O)(O)OC1[C@@]2(C#N)O[C@@H](c3ccc4c(N)ncnn34)[C@H](O)[C@@]12O)OCc1ccc(C#N)c(Cl)c1. The first kappa shape index (κ1) is 45.0. The molecule has 5 rings (SSSR count). The normalized spacial score (nSPS) is 24.2. The van der Waals surface area contributed by atoms with Gasteiger partial charge in [0.15, 0.2) is 17.5 Å². The molecule has 0 radical (unpaired) electrons. The average Bonchev–Trinajstić information content (AvgIpc) is 3.42. The van der Waals surface area contributed by atoms with Crippen molar-refractivity contribution in [1.82, 2.24) is 14.6 Å². The van der Waals surface area contributed by atoms with Crippen LogP contribution in [0.4, 0.5) is 5.82 Å². The number of aliphatic hydroxyl groups excluding tert-OH is 1. The number of rotatable bonds is 27. The number of fused-ring (bicyclic) bond motifs is 2. The Balaban J connectivity index is 1.07. The molecule has 0 bridgehead atoms. The van der Waals surface area contributed by atoms with Gasteiger partial charge in [-0.3, -0.25) is 9.05 Å². The summed E-state index contributed by atoms with van der Waals surface area (Å²) in [5, 5.41) is 46.3. The number of hydrogen-bond donors (Lipinski definition) is 4. The number of phosphoric acid groups is 1. The number of hydrogen-bond acceptors (Lipinski definition) is 12. The van der Waals surface area contributed by atoms with Crippen molar-refractivity contribution in [2.75, 3.05) is 12.3 Å². The summed E-state index contributed by atoms with van der Waals surface area (Å²) < 4.78 is 37.3. The monoisotopic (exact) mass is 828 g/mol. The van der Waals surface area contributed by atoms with Gasteiger partial charge in [0.2, 0.25) is 5.60 Å². The van der Waals surface area contributed by atoms with Crippen molar-refractivity contribution < 1.29 is 38.2 Å². The molecule has 5 N–H and O–H groups in total. The molecule has 1 aliphatic heterocycles. The van der Waals surface area contributed by atoms with Crippen molar-refractivity contribution in [2.24, 2.45) is 0 Å². The number of nitriles is 2. The van der Waals surface area contributed by atoms with Gasteiger partial charge < -0.3 is 30.3 Å². The molecule has 1 saturated heterocycles. The molecule has 312 valence electrons. The molecule has 2 unspecified atom stereocenters. The van der Waals surface area contributed by atoms with Gasteiger partial charge in [0, 0.05) is 0 Å². The minimum Gasteiger partial charge on any atom is -0.387 e. The van der Waals surface area contributed by atoms with Crippen LogP contribution in [0, 0.1) is 22.7 Å². The summed E-state index contributed by atoms with van der Waals surface area (Å²) in [4.78, 5) is 14.7. The molecule has 16 heteroatoms. The second-order valence-electron chi connectivity index (χ2n) is 15.4. The van der Waals surface area contributed by atoms with Crippen molar-refractivity contribution in [2.45, 2.75) is 165 Å². The number of aromatic nitrogens is 3. The highest BCUT2D eigenvalue weighted by atomic mass is 35.5. The summed E-state index contributed by atoms with van der Waals surface area (Å²) in [6.07, 6.45) is 17.7. The van der Waals surface area contributed by atoms with E-state index in [0.717, 1.165) is 25.7 Å². The van der Waals surface area contributed by atoms with Crippen molar-refractivity contribution >= 4 is 30.8 Å². The zero-order valence-electron chi connectivity index (χ0n) is 32.9. The molecule has 1 saturated carbocycles. The minimum absolute atomic E-state index is 0.112. The summed E-state index contributed by atoms with van der Waals surface area (Å²) in [6, 6.07) is 12.0. The first-order valence-corrected chi connectivity index (χ1v) is 22.4. The molecule has 57 heavy (non-hydrogen) atoms. The fourth-order valence-corrected chi connectivity index (χ4v) is 9.03. The molecule has 0 spiro atoms. The van der Waals surface area contributed by atoms with Crippen LogP contribution in [0.3, 0.4) is 0 Å². The maximum absolute atomic E-state index is 13.3. The van der Waals surface area contributed by atoms with Gasteiger partial charge in [-0.05, 0) is 36.2 Å². The molecule has 14 nitrogen and oxygen atoms in total. The van der Waals surface area contributed by atoms with Crippen LogP contribution in [0.25, 0.3) is 5.52 Å². The Morgan fingerprint density at radius 1 is 0.982 bits per heavy atom. The van der Waals surface area contributed by atoms with Crippen molar-refractivity contribution in [3.8, 4) is 12.1 Å². The van der Waals surface area contributed by atoms with Crippen molar-refractivity contribution in [3.05, 3.63) is 58.5 Å². The molecule has 1 aromatic carbocycles. The molecular weight excluding hydrogens is 771 g/mol. The second-order valence-corrected chi connectivity index (χ2v) is 17.2. The number of ether oxygens (including phenoxy) is 2. The van der Waals surface area contributed by atoms with E-state index in [9.17, 15) is 30.2 Å². The molecule has 2 aliphatic rings. The number of unbranched alkanes of at least 4 members (excludes halogenated alkanes) is 16. The first-order chi connectivity index (χ1) is 27.5. The molecule has 1 aliphatic carbocycles. The number of nitrogen functional groups attached to an aromatic ring is 1. The van der Waals surface area contributed by atoms with Gasteiger partial charge in [-0.2, -0.15) is 15.6 Å². The lowest BCUT2D eigenvalue weighted by Crippen LogP contribution is -2.35. The van der Waals surface area contributed by atoms with Gasteiger partial charge in [-0.1, -0.05) is 134 Å². The number of anilines is 1. The Morgan fingerprint density at radius 2 is 1.60 bits per heavy atom. The number of benzene rings is 1. The lowest BCUT2D eigenvalue weighted by molar-refractivity contribution is -0.0769. The van der Waals surface area contributed by atoms with Crippen molar-refractivity contribution in [1.29, 1.82) is 10.5 Å². The van der Waals surface area contributed by atoms with Gasteiger partial charge in [0.1, 0.15) is 36.2 Å². The highest BCUT2D eigenvalue weighted by molar-refractivity contribution is 7.47. The van der Waals surface area contributed by atoms with Gasteiger partial charge in [0.05, 0.1) is 35.6 Å². The van der Waals surface area contributed by atoms with Gasteiger partial charge in [0.25, 0.3) is 0 Å². The minimum atomic E-state index is -4.92. The van der Waals surface area contributed by atoms with E-state index in [1.807, 2.05) is 12.1 Å². The molecule has 3 aromatic rings. The number of phosphoric ester groups is 1. The lowest BCUT2D eigenvalue weighted by atomic mass is 10.0. The van der Waals surface area contributed by atoms with Crippen LogP contribution in [-0.4, -0.2) is 65.8 Å². The molecule has 3 heterocycles. The van der Waals surface area contributed by atoms with E-state index in [1.54, 1.807) is 30.3 Å². The molecule has 2 fully saturated rings. The topological polar surface area (TPSA) is 218 Å². The van der Waals surface area contributed by atoms with Crippen LogP contribution in [0.15, 0.2) is 36.7 Å². The van der Waals surface area contributed by atoms with E-state index in [1.165, 1.54) is 94.3 Å². The first-order valence-electron chi connectivity index (χ1n) is 20.5. The Morgan fingerprint density at radius 3 is 2.16 bits per heavy atom. The lowest BCUT2D eigenvalue weighted by Gasteiger charge is -2.24. The maximum Gasteiger partial charge on any atom is 0.472 e. The van der Waals surface area contributed by atoms with Crippen molar-refractivity contribution in [3.63, 3.8) is 0 Å². The fraction of sp³-hybridized carbons (Fsp3) is 0.659. The summed E-state index contributed by atoms with van der Waals surface area (Å²) in [6.45, 7) is 2.04. The largest absolute Gasteiger partial charge is 0.472 e. The Bertz CT molecular complexity index is 1890. The number of nitrogens with two attached hydrogens (primary N) is 1. The zero-order chi connectivity index (χ0) is 40.9. The van der Waals surface area contributed by atoms with E-state index in [4.69, 9.17) is 35.9 Å². The van der Waals surface area contributed by atoms with Gasteiger partial charge in [-0.25, -0.2) is 14.1 Å². The third-order valence-electron chi connectivity index (χ3n) is 11.2. The third-order valence-corrected chi connectivity index (χ3v) is 12.5. The Kier molecular flexibility index (Phi) is 16.7. The van der Waals surface area contributed by atoms with Gasteiger partial charge in [-0.15, -0.1) is 0 Å². The molecule has 2 aromatic heterocycles. The van der Waals surface area contributed by atoms with Crippen LogP contribution < -0.4 is 5.73 Å². The number of halogens is 1. The Hall–Kier alpha value is -3.14. The van der Waals surface area contributed by atoms with Crippen LogP contribution in [0.5, 0.6) is 0 Å². The van der Waals surface area contributed by atoms with E-state index >= 15 is 0 Å². The third kappa shape index (κ3) is 11.1. The highest BCUT2D eigenvalue weighted by Crippen LogP contribution is 2.68. The predicted molar refractivity (Wildman–Crippen MR) is 215 cm³/mol. The van der Waals surface area contributed by atoms with Crippen LogP contribution >= 0.6 is 19.4 Å². The summed E-state index contributed by atoms with van der Waals surface area (Å²) in [7, 11) is -4.92. The van der Waals surface area contributed by atoms with Crippen LogP contribution in [0.1, 0.15) is 145 Å². The number of nitrogens with zero attached hydrogens (tertiary/aromatic N) is 5. The van der Waals surface area contributed by atoms with E-state index in [0.29, 0.717) is 28.1 Å². The van der Waals surface area contributed by atoms with Gasteiger partial charge >= 0.3 is 7.82 Å². The Labute approximate surface area is 340 Å². The summed E-state index contributed by atoms with van der Waals surface area (Å²) in [5.41, 5.74) is 3.19. The van der Waals surface area contributed by atoms with E-state index < -0.39 is 43.4 Å². The maximum atomic E-state index is 13.3. The summed E-state index contributed by atoms with van der Waals surface area (Å²) >= 11 is 6.22. The smallest absolute Gasteiger partial charge is 0.387 e. The standard InChI is InChI=1S/C41H58ClN6O8P/c1-2-3-4-5-6-7-8-9-10-11-12-13-14-15-16-17-18-19-32(53-26-30-20-21-31(25-43)33(42)24-30)27-54-57(51,52)56-39-40(28-44)41(39,50)37(49)36(55-40)34-22-23-35-38(45)46-29-47-48(34)35/h20-24,29,32,36-37,39,49-50H,2-19,26-27H2,1H3,(H,51,52)(H2,45,46,47)/t32-,36+,37+,39?,40-,41-/m1/s1. The quantitative estimate of drug-likeness (QED) is 0.0420.